The molecule has 0 N–H and O–H groups in total. The van der Waals surface area contributed by atoms with Crippen molar-refractivity contribution in [2.24, 2.45) is 0 Å². The van der Waals surface area contributed by atoms with Gasteiger partial charge in [-0.15, -0.1) is 0 Å². The SMILES string of the molecule is CCCCOc1ccc(Br)c(Br)c1. The van der Waals surface area contributed by atoms with Gasteiger partial charge in [0.1, 0.15) is 5.75 Å². The van der Waals surface area contributed by atoms with Crippen molar-refractivity contribution in [3.05, 3.63) is 27.1 Å². The molecule has 0 fully saturated rings. The van der Waals surface area contributed by atoms with Gasteiger partial charge in [-0.3, -0.25) is 0 Å². The molecule has 1 aromatic rings. The third kappa shape index (κ3) is 3.69. The molecule has 0 spiro atoms. The Morgan fingerprint density at radius 3 is 2.62 bits per heavy atom. The van der Waals surface area contributed by atoms with E-state index in [4.69, 9.17) is 4.74 Å². The molecule has 0 unspecified atom stereocenters. The standard InChI is InChI=1S/C10H12Br2O/c1-2-3-6-13-8-4-5-9(11)10(12)7-8/h4-5,7H,2-3,6H2,1H3. The molecule has 0 aliphatic carbocycles. The topological polar surface area (TPSA) is 9.23 Å². The van der Waals surface area contributed by atoms with Crippen LogP contribution in [-0.4, -0.2) is 6.61 Å². The molecular formula is C10H12Br2O. The van der Waals surface area contributed by atoms with Gasteiger partial charge in [-0.1, -0.05) is 13.3 Å². The summed E-state index contributed by atoms with van der Waals surface area (Å²) in [5, 5.41) is 0. The molecule has 0 saturated carbocycles. The Balaban J connectivity index is 2.53. The molecule has 0 aliphatic rings. The second-order valence-corrected chi connectivity index (χ2v) is 4.49. The summed E-state index contributed by atoms with van der Waals surface area (Å²) in [6.07, 6.45) is 2.27. The van der Waals surface area contributed by atoms with Crippen molar-refractivity contribution in [1.29, 1.82) is 0 Å². The first kappa shape index (κ1) is 11.1. The van der Waals surface area contributed by atoms with Crippen molar-refractivity contribution in [2.45, 2.75) is 19.8 Å². The molecular weight excluding hydrogens is 296 g/mol. The van der Waals surface area contributed by atoms with Crippen LogP contribution in [0.4, 0.5) is 0 Å². The van der Waals surface area contributed by atoms with Gasteiger partial charge < -0.3 is 4.74 Å². The van der Waals surface area contributed by atoms with Crippen molar-refractivity contribution < 1.29 is 4.74 Å². The predicted molar refractivity (Wildman–Crippen MR) is 62.2 cm³/mol. The first-order valence-corrected chi connectivity index (χ1v) is 5.90. The fourth-order valence-electron chi connectivity index (χ4n) is 0.901. The fraction of sp³-hybridized carbons (Fsp3) is 0.400. The Morgan fingerprint density at radius 2 is 2.00 bits per heavy atom. The number of benzene rings is 1. The molecule has 0 heterocycles. The molecule has 0 aliphatic heterocycles. The van der Waals surface area contributed by atoms with E-state index in [0.717, 1.165) is 34.1 Å². The third-order valence-corrected chi connectivity index (χ3v) is 3.54. The molecule has 1 rings (SSSR count). The lowest BCUT2D eigenvalue weighted by Gasteiger charge is -2.05. The monoisotopic (exact) mass is 306 g/mol. The Kier molecular flexibility index (Phi) is 4.81. The maximum absolute atomic E-state index is 5.53. The van der Waals surface area contributed by atoms with E-state index in [-0.39, 0.29) is 0 Å². The third-order valence-electron chi connectivity index (χ3n) is 1.66. The summed E-state index contributed by atoms with van der Waals surface area (Å²) in [6, 6.07) is 5.91. The van der Waals surface area contributed by atoms with Crippen LogP contribution in [0.1, 0.15) is 19.8 Å². The minimum absolute atomic E-state index is 0.796. The van der Waals surface area contributed by atoms with Crippen LogP contribution in [0, 0.1) is 0 Å². The lowest BCUT2D eigenvalue weighted by molar-refractivity contribution is 0.309. The van der Waals surface area contributed by atoms with E-state index < -0.39 is 0 Å². The molecule has 3 heteroatoms. The van der Waals surface area contributed by atoms with E-state index in [1.54, 1.807) is 0 Å². The van der Waals surface area contributed by atoms with Gasteiger partial charge in [-0.2, -0.15) is 0 Å². The summed E-state index contributed by atoms with van der Waals surface area (Å²) in [4.78, 5) is 0. The van der Waals surface area contributed by atoms with Gasteiger partial charge in [0, 0.05) is 8.95 Å². The van der Waals surface area contributed by atoms with Crippen molar-refractivity contribution in [2.75, 3.05) is 6.61 Å². The Bertz CT molecular complexity index is 274. The van der Waals surface area contributed by atoms with Gasteiger partial charge in [0.15, 0.2) is 0 Å². The Hall–Kier alpha value is -0.0200. The first-order chi connectivity index (χ1) is 6.24. The van der Waals surface area contributed by atoms with Crippen molar-refractivity contribution >= 4 is 31.9 Å². The molecule has 1 nitrogen and oxygen atoms in total. The molecule has 0 saturated heterocycles. The summed E-state index contributed by atoms with van der Waals surface area (Å²) in [5.74, 6) is 0.920. The van der Waals surface area contributed by atoms with E-state index in [1.165, 1.54) is 0 Å². The normalized spacial score (nSPS) is 10.1. The van der Waals surface area contributed by atoms with Crippen LogP contribution >= 0.6 is 31.9 Å². The number of hydrogen-bond donors (Lipinski definition) is 0. The quantitative estimate of drug-likeness (QED) is 0.750. The molecule has 0 amide bonds. The van der Waals surface area contributed by atoms with Crippen molar-refractivity contribution in [1.82, 2.24) is 0 Å². The molecule has 0 aromatic heterocycles. The van der Waals surface area contributed by atoms with E-state index in [1.807, 2.05) is 18.2 Å². The average Bonchev–Trinajstić information content (AvgIpc) is 2.12. The molecule has 72 valence electrons. The van der Waals surface area contributed by atoms with Gasteiger partial charge in [0.25, 0.3) is 0 Å². The van der Waals surface area contributed by atoms with Crippen LogP contribution in [0.3, 0.4) is 0 Å². The predicted octanol–water partition coefficient (Wildman–Crippen LogP) is 4.39. The summed E-state index contributed by atoms with van der Waals surface area (Å²) in [5.41, 5.74) is 0. The number of halogens is 2. The lowest BCUT2D eigenvalue weighted by Crippen LogP contribution is -1.95. The van der Waals surface area contributed by atoms with Crippen LogP contribution in [-0.2, 0) is 0 Å². The zero-order valence-electron chi connectivity index (χ0n) is 7.52. The zero-order chi connectivity index (χ0) is 9.68. The summed E-state index contributed by atoms with van der Waals surface area (Å²) in [7, 11) is 0. The number of hydrogen-bond acceptors (Lipinski definition) is 1. The van der Waals surface area contributed by atoms with Gasteiger partial charge in [-0.25, -0.2) is 0 Å². The van der Waals surface area contributed by atoms with Crippen LogP contribution in [0.2, 0.25) is 0 Å². The van der Waals surface area contributed by atoms with Crippen LogP contribution < -0.4 is 4.74 Å². The summed E-state index contributed by atoms with van der Waals surface area (Å²) in [6.45, 7) is 2.95. The molecule has 1 aromatic carbocycles. The van der Waals surface area contributed by atoms with Crippen LogP contribution in [0.25, 0.3) is 0 Å². The van der Waals surface area contributed by atoms with E-state index in [2.05, 4.69) is 38.8 Å². The Morgan fingerprint density at radius 1 is 1.23 bits per heavy atom. The number of unbranched alkanes of at least 4 members (excludes halogenated alkanes) is 1. The van der Waals surface area contributed by atoms with Crippen LogP contribution in [0.5, 0.6) is 5.75 Å². The molecule has 0 radical (unpaired) electrons. The van der Waals surface area contributed by atoms with Gasteiger partial charge in [0.05, 0.1) is 6.61 Å². The largest absolute Gasteiger partial charge is 0.494 e. The number of ether oxygens (including phenoxy) is 1. The lowest BCUT2D eigenvalue weighted by atomic mass is 10.3. The maximum Gasteiger partial charge on any atom is 0.120 e. The smallest absolute Gasteiger partial charge is 0.120 e. The minimum atomic E-state index is 0.796. The minimum Gasteiger partial charge on any atom is -0.494 e. The van der Waals surface area contributed by atoms with E-state index >= 15 is 0 Å². The van der Waals surface area contributed by atoms with Crippen molar-refractivity contribution in [3.63, 3.8) is 0 Å². The highest BCUT2D eigenvalue weighted by atomic mass is 79.9. The highest BCUT2D eigenvalue weighted by Gasteiger charge is 1.98. The number of rotatable bonds is 4. The highest BCUT2D eigenvalue weighted by molar-refractivity contribution is 9.13. The second kappa shape index (κ2) is 5.66. The van der Waals surface area contributed by atoms with Crippen molar-refractivity contribution in [3.8, 4) is 5.75 Å². The second-order valence-electron chi connectivity index (χ2n) is 2.78. The van der Waals surface area contributed by atoms with Gasteiger partial charge >= 0.3 is 0 Å². The average molecular weight is 308 g/mol. The molecule has 13 heavy (non-hydrogen) atoms. The molecule has 0 atom stereocenters. The van der Waals surface area contributed by atoms with Gasteiger partial charge in [0.2, 0.25) is 0 Å². The maximum atomic E-state index is 5.53. The first-order valence-electron chi connectivity index (χ1n) is 4.32. The van der Waals surface area contributed by atoms with Gasteiger partial charge in [-0.05, 0) is 56.5 Å². The summed E-state index contributed by atoms with van der Waals surface area (Å²) >= 11 is 6.84. The Labute approximate surface area is 95.7 Å². The molecule has 0 bridgehead atoms. The van der Waals surface area contributed by atoms with E-state index in [9.17, 15) is 0 Å². The fourth-order valence-corrected chi connectivity index (χ4v) is 1.51. The zero-order valence-corrected chi connectivity index (χ0v) is 10.7. The van der Waals surface area contributed by atoms with Crippen LogP contribution in [0.15, 0.2) is 27.1 Å². The highest BCUT2D eigenvalue weighted by Crippen LogP contribution is 2.27. The van der Waals surface area contributed by atoms with E-state index in [0.29, 0.717) is 0 Å². The summed E-state index contributed by atoms with van der Waals surface area (Å²) < 4.78 is 7.61.